The molecule has 2 saturated carbocycles. The molecule has 150 valence electrons. The molecule has 2 aliphatic carbocycles. The third kappa shape index (κ3) is 5.19. The van der Waals surface area contributed by atoms with Crippen molar-refractivity contribution in [3.8, 4) is 0 Å². The van der Waals surface area contributed by atoms with Crippen molar-refractivity contribution >= 4 is 0 Å². The van der Waals surface area contributed by atoms with Crippen LogP contribution in [0.15, 0.2) is 24.3 Å². The number of benzene rings is 1. The second-order valence-electron chi connectivity index (χ2n) is 8.52. The van der Waals surface area contributed by atoms with Crippen molar-refractivity contribution in [1.29, 1.82) is 0 Å². The van der Waals surface area contributed by atoms with Crippen LogP contribution in [-0.4, -0.2) is 7.11 Å². The van der Waals surface area contributed by atoms with Crippen molar-refractivity contribution in [2.24, 2.45) is 17.8 Å². The smallest absolute Gasteiger partial charge is 0.131 e. The molecule has 0 aromatic heterocycles. The second kappa shape index (κ2) is 9.82. The van der Waals surface area contributed by atoms with Crippen LogP contribution in [0.3, 0.4) is 0 Å². The van der Waals surface area contributed by atoms with Crippen LogP contribution in [0, 0.1) is 29.4 Å². The van der Waals surface area contributed by atoms with Crippen LogP contribution >= 0.6 is 0 Å². The van der Waals surface area contributed by atoms with Gasteiger partial charge in [-0.25, -0.2) is 8.78 Å². The third-order valence-electron chi connectivity index (χ3n) is 6.82. The molecule has 0 radical (unpaired) electrons. The van der Waals surface area contributed by atoms with Crippen molar-refractivity contribution < 1.29 is 13.5 Å². The lowest BCUT2D eigenvalue weighted by molar-refractivity contribution is 0.170. The van der Waals surface area contributed by atoms with E-state index in [2.05, 4.69) is 19.1 Å². The zero-order chi connectivity index (χ0) is 19.2. The molecule has 0 aliphatic heterocycles. The van der Waals surface area contributed by atoms with Crippen molar-refractivity contribution in [2.75, 3.05) is 7.11 Å². The van der Waals surface area contributed by atoms with Gasteiger partial charge in [-0.1, -0.05) is 19.1 Å². The van der Waals surface area contributed by atoms with E-state index in [4.69, 9.17) is 4.74 Å². The van der Waals surface area contributed by atoms with E-state index in [1.165, 1.54) is 57.8 Å². The van der Waals surface area contributed by atoms with Crippen LogP contribution < -0.4 is 0 Å². The first-order valence-electron chi connectivity index (χ1n) is 10.8. The van der Waals surface area contributed by atoms with Crippen LogP contribution in [0.1, 0.15) is 81.8 Å². The van der Waals surface area contributed by atoms with Crippen LogP contribution in [-0.2, 0) is 11.3 Å². The van der Waals surface area contributed by atoms with Gasteiger partial charge in [-0.2, -0.15) is 0 Å². The van der Waals surface area contributed by atoms with Crippen LogP contribution in [0.4, 0.5) is 8.78 Å². The molecule has 0 amide bonds. The standard InChI is InChI=1S/C24H34F2O/c1-3-4-5-17-6-8-18(9-7-17)19-10-12-20(13-11-19)21-14-23(25)22(16-27-2)24(26)15-21/h4-5,14-15,17-20H,3,6-13,16H2,1-2H3/b5-4+. The second-order valence-corrected chi connectivity index (χ2v) is 8.52. The molecule has 0 spiro atoms. The molecular formula is C24H34F2O. The molecule has 0 heterocycles. The van der Waals surface area contributed by atoms with Crippen LogP contribution in [0.5, 0.6) is 0 Å². The summed E-state index contributed by atoms with van der Waals surface area (Å²) >= 11 is 0. The molecular weight excluding hydrogens is 342 g/mol. The Morgan fingerprint density at radius 1 is 0.926 bits per heavy atom. The third-order valence-corrected chi connectivity index (χ3v) is 6.82. The van der Waals surface area contributed by atoms with Gasteiger partial charge in [-0.05, 0) is 99.2 Å². The van der Waals surface area contributed by atoms with E-state index < -0.39 is 11.6 Å². The molecule has 3 rings (SSSR count). The monoisotopic (exact) mass is 376 g/mol. The predicted octanol–water partition coefficient (Wildman–Crippen LogP) is 7.16. The van der Waals surface area contributed by atoms with E-state index in [9.17, 15) is 8.78 Å². The van der Waals surface area contributed by atoms with Gasteiger partial charge >= 0.3 is 0 Å². The van der Waals surface area contributed by atoms with Crippen molar-refractivity contribution in [3.63, 3.8) is 0 Å². The lowest BCUT2D eigenvalue weighted by Gasteiger charge is -2.37. The molecule has 27 heavy (non-hydrogen) atoms. The summed E-state index contributed by atoms with van der Waals surface area (Å²) in [6.07, 6.45) is 15.8. The van der Waals surface area contributed by atoms with Gasteiger partial charge in [0.1, 0.15) is 11.6 Å². The molecule has 1 aromatic rings. The Morgan fingerprint density at radius 2 is 1.48 bits per heavy atom. The summed E-state index contributed by atoms with van der Waals surface area (Å²) in [4.78, 5) is 0. The molecule has 2 fully saturated rings. The molecule has 0 saturated heterocycles. The number of hydrogen-bond donors (Lipinski definition) is 0. The number of allylic oxidation sites excluding steroid dienone is 2. The Kier molecular flexibility index (Phi) is 7.46. The SMILES string of the molecule is CC/C=C/C1CCC(C2CCC(c3cc(F)c(COC)c(F)c3)CC2)CC1. The Morgan fingerprint density at radius 3 is 2.00 bits per heavy atom. The van der Waals surface area contributed by atoms with Gasteiger partial charge in [0.05, 0.1) is 6.61 Å². The molecule has 0 bridgehead atoms. The summed E-state index contributed by atoms with van der Waals surface area (Å²) in [5.74, 6) is 1.81. The molecule has 0 unspecified atom stereocenters. The summed E-state index contributed by atoms with van der Waals surface area (Å²) in [5, 5.41) is 0. The van der Waals surface area contributed by atoms with E-state index >= 15 is 0 Å². The van der Waals surface area contributed by atoms with Crippen molar-refractivity contribution in [3.05, 3.63) is 47.0 Å². The van der Waals surface area contributed by atoms with Gasteiger partial charge in [0.15, 0.2) is 0 Å². The van der Waals surface area contributed by atoms with Gasteiger partial charge < -0.3 is 4.74 Å². The van der Waals surface area contributed by atoms with Gasteiger partial charge in [-0.15, -0.1) is 0 Å². The summed E-state index contributed by atoms with van der Waals surface area (Å²) in [5.41, 5.74) is 0.875. The lowest BCUT2D eigenvalue weighted by atomic mass is 9.68. The fourth-order valence-corrected chi connectivity index (χ4v) is 5.20. The first kappa shape index (κ1) is 20.5. The summed E-state index contributed by atoms with van der Waals surface area (Å²) in [7, 11) is 1.46. The highest BCUT2D eigenvalue weighted by Crippen LogP contribution is 2.44. The fraction of sp³-hybridized carbons (Fsp3) is 0.667. The van der Waals surface area contributed by atoms with E-state index in [0.29, 0.717) is 5.92 Å². The zero-order valence-electron chi connectivity index (χ0n) is 16.9. The Hall–Kier alpha value is -1.22. The van der Waals surface area contributed by atoms with E-state index in [1.54, 1.807) is 0 Å². The average Bonchev–Trinajstić information content (AvgIpc) is 2.69. The van der Waals surface area contributed by atoms with Crippen LogP contribution in [0.25, 0.3) is 0 Å². The highest BCUT2D eigenvalue weighted by molar-refractivity contribution is 5.28. The number of methoxy groups -OCH3 is 1. The first-order valence-corrected chi connectivity index (χ1v) is 10.8. The lowest BCUT2D eigenvalue weighted by Crippen LogP contribution is -2.25. The van der Waals surface area contributed by atoms with E-state index in [0.717, 1.165) is 42.6 Å². The van der Waals surface area contributed by atoms with Gasteiger partial charge in [0.2, 0.25) is 0 Å². The molecule has 0 atom stereocenters. The maximum Gasteiger partial charge on any atom is 0.131 e. The minimum absolute atomic E-state index is 0.0131. The number of halogens is 2. The van der Waals surface area contributed by atoms with Gasteiger partial charge in [0.25, 0.3) is 0 Å². The summed E-state index contributed by atoms with van der Waals surface area (Å²) in [6, 6.07) is 3.07. The summed E-state index contributed by atoms with van der Waals surface area (Å²) < 4.78 is 33.3. The van der Waals surface area contributed by atoms with Gasteiger partial charge in [-0.3, -0.25) is 0 Å². The molecule has 3 heteroatoms. The predicted molar refractivity (Wildman–Crippen MR) is 107 cm³/mol. The highest BCUT2D eigenvalue weighted by atomic mass is 19.1. The van der Waals surface area contributed by atoms with Gasteiger partial charge in [0, 0.05) is 12.7 Å². The number of ether oxygens (including phenoxy) is 1. The molecule has 1 aromatic carbocycles. The molecule has 0 N–H and O–H groups in total. The molecule has 2 aliphatic rings. The van der Waals surface area contributed by atoms with Crippen LogP contribution in [0.2, 0.25) is 0 Å². The molecule has 1 nitrogen and oxygen atoms in total. The first-order chi connectivity index (χ1) is 13.1. The maximum absolute atomic E-state index is 14.2. The Labute approximate surface area is 163 Å². The number of hydrogen-bond acceptors (Lipinski definition) is 1. The highest BCUT2D eigenvalue weighted by Gasteiger charge is 2.31. The largest absolute Gasteiger partial charge is 0.380 e. The van der Waals surface area contributed by atoms with Crippen molar-refractivity contribution in [2.45, 2.75) is 77.2 Å². The summed E-state index contributed by atoms with van der Waals surface area (Å²) in [6.45, 7) is 2.18. The topological polar surface area (TPSA) is 9.23 Å². The Bertz CT molecular complexity index is 600. The average molecular weight is 377 g/mol. The quantitative estimate of drug-likeness (QED) is 0.479. The maximum atomic E-state index is 14.2. The zero-order valence-corrected chi connectivity index (χ0v) is 16.9. The normalized spacial score (nSPS) is 29.3. The number of rotatable bonds is 6. The van der Waals surface area contributed by atoms with E-state index in [-0.39, 0.29) is 12.2 Å². The fourth-order valence-electron chi connectivity index (χ4n) is 5.20. The Balaban J connectivity index is 1.53. The van der Waals surface area contributed by atoms with Crippen molar-refractivity contribution in [1.82, 2.24) is 0 Å². The minimum atomic E-state index is -0.465. The van der Waals surface area contributed by atoms with E-state index in [1.807, 2.05) is 0 Å². The minimum Gasteiger partial charge on any atom is -0.380 e.